The first-order chi connectivity index (χ1) is 8.47. The van der Waals surface area contributed by atoms with Crippen molar-refractivity contribution in [2.75, 3.05) is 5.32 Å². The van der Waals surface area contributed by atoms with Gasteiger partial charge < -0.3 is 0 Å². The Kier molecular flexibility index (Phi) is 4.24. The molecule has 18 heavy (non-hydrogen) atoms. The van der Waals surface area contributed by atoms with Crippen molar-refractivity contribution in [2.24, 2.45) is 0 Å². The van der Waals surface area contributed by atoms with Gasteiger partial charge in [-0.3, -0.25) is 10.1 Å². The minimum atomic E-state index is -0.185. The summed E-state index contributed by atoms with van der Waals surface area (Å²) in [6.07, 6.45) is 0. The average molecular weight is 393 g/mol. The van der Waals surface area contributed by atoms with Gasteiger partial charge in [0.05, 0.1) is 11.3 Å². The van der Waals surface area contributed by atoms with Crippen LogP contribution in [0.1, 0.15) is 20.9 Å². The van der Waals surface area contributed by atoms with Gasteiger partial charge in [0.15, 0.2) is 5.13 Å². The standard InChI is InChI=1S/C12H10ClIN2OS/c1-6-7(2)18-12(15-6)16-11(17)9-5-8(13)3-4-10(9)14/h3-5H,1-2H3,(H,15,16,17). The van der Waals surface area contributed by atoms with E-state index >= 15 is 0 Å². The second-order valence-corrected chi connectivity index (χ2v) is 6.54. The molecule has 6 heteroatoms. The van der Waals surface area contributed by atoms with E-state index in [1.165, 1.54) is 11.3 Å². The molecule has 0 bridgehead atoms. The Morgan fingerprint density at radius 3 is 2.78 bits per heavy atom. The van der Waals surface area contributed by atoms with Gasteiger partial charge in [0, 0.05) is 13.5 Å². The van der Waals surface area contributed by atoms with Crippen molar-refractivity contribution in [3.8, 4) is 0 Å². The van der Waals surface area contributed by atoms with Crippen LogP contribution in [0.3, 0.4) is 0 Å². The van der Waals surface area contributed by atoms with E-state index in [1.807, 2.05) is 19.9 Å². The number of rotatable bonds is 2. The Morgan fingerprint density at radius 1 is 1.44 bits per heavy atom. The molecule has 3 nitrogen and oxygen atoms in total. The maximum absolute atomic E-state index is 12.1. The maximum Gasteiger partial charge on any atom is 0.258 e. The fourth-order valence-electron chi connectivity index (χ4n) is 1.36. The van der Waals surface area contributed by atoms with Gasteiger partial charge in [-0.15, -0.1) is 11.3 Å². The Labute approximate surface area is 128 Å². The molecule has 0 spiro atoms. The largest absolute Gasteiger partial charge is 0.298 e. The molecular weight excluding hydrogens is 383 g/mol. The molecule has 0 saturated carbocycles. The van der Waals surface area contributed by atoms with E-state index in [0.717, 1.165) is 14.1 Å². The molecule has 1 amide bonds. The first-order valence-corrected chi connectivity index (χ1v) is 7.45. The predicted molar refractivity (Wildman–Crippen MR) is 83.7 cm³/mol. The van der Waals surface area contributed by atoms with Crippen LogP contribution in [0, 0.1) is 17.4 Å². The molecule has 0 aliphatic heterocycles. The van der Waals surface area contributed by atoms with Crippen molar-refractivity contribution < 1.29 is 4.79 Å². The van der Waals surface area contributed by atoms with Crippen LogP contribution in [0.4, 0.5) is 5.13 Å². The molecule has 94 valence electrons. The van der Waals surface area contributed by atoms with Gasteiger partial charge in [-0.2, -0.15) is 0 Å². The van der Waals surface area contributed by atoms with Crippen molar-refractivity contribution >= 4 is 56.6 Å². The Bertz CT molecular complexity index is 593. The smallest absolute Gasteiger partial charge is 0.258 e. The summed E-state index contributed by atoms with van der Waals surface area (Å²) in [5.41, 5.74) is 1.50. The van der Waals surface area contributed by atoms with Gasteiger partial charge in [0.1, 0.15) is 0 Å². The minimum Gasteiger partial charge on any atom is -0.298 e. The van der Waals surface area contributed by atoms with Crippen molar-refractivity contribution in [1.29, 1.82) is 0 Å². The van der Waals surface area contributed by atoms with Crippen molar-refractivity contribution in [2.45, 2.75) is 13.8 Å². The summed E-state index contributed by atoms with van der Waals surface area (Å²) in [5, 5.41) is 3.96. The molecule has 0 fully saturated rings. The number of hydrogen-bond donors (Lipinski definition) is 1. The number of benzene rings is 1. The summed E-state index contributed by atoms with van der Waals surface area (Å²) in [6, 6.07) is 5.24. The highest BCUT2D eigenvalue weighted by Gasteiger charge is 2.13. The Balaban J connectivity index is 2.24. The normalized spacial score (nSPS) is 10.4. The first kappa shape index (κ1) is 13.8. The van der Waals surface area contributed by atoms with Crippen LogP contribution in [-0.2, 0) is 0 Å². The van der Waals surface area contributed by atoms with E-state index in [2.05, 4.69) is 32.9 Å². The molecule has 0 atom stereocenters. The lowest BCUT2D eigenvalue weighted by atomic mass is 10.2. The quantitative estimate of drug-likeness (QED) is 0.776. The number of amides is 1. The highest BCUT2D eigenvalue weighted by Crippen LogP contribution is 2.23. The number of hydrogen-bond acceptors (Lipinski definition) is 3. The second kappa shape index (κ2) is 5.54. The van der Waals surface area contributed by atoms with Gasteiger partial charge in [0.2, 0.25) is 0 Å². The molecule has 1 heterocycles. The van der Waals surface area contributed by atoms with Crippen molar-refractivity contribution in [3.63, 3.8) is 0 Å². The lowest BCUT2D eigenvalue weighted by Crippen LogP contribution is -2.13. The summed E-state index contributed by atoms with van der Waals surface area (Å²) in [4.78, 5) is 17.5. The van der Waals surface area contributed by atoms with Gasteiger partial charge in [-0.1, -0.05) is 11.6 Å². The average Bonchev–Trinajstić information content (AvgIpc) is 2.61. The van der Waals surface area contributed by atoms with E-state index in [4.69, 9.17) is 11.6 Å². The maximum atomic E-state index is 12.1. The van der Waals surface area contributed by atoms with E-state index in [1.54, 1.807) is 12.1 Å². The summed E-state index contributed by atoms with van der Waals surface area (Å²) in [6.45, 7) is 3.90. The highest BCUT2D eigenvalue weighted by molar-refractivity contribution is 14.1. The lowest BCUT2D eigenvalue weighted by Gasteiger charge is -2.04. The molecule has 2 rings (SSSR count). The molecule has 1 N–H and O–H groups in total. The van der Waals surface area contributed by atoms with Crippen LogP contribution in [0.2, 0.25) is 5.02 Å². The number of aryl methyl sites for hydroxylation is 2. The predicted octanol–water partition coefficient (Wildman–Crippen LogP) is 4.27. The van der Waals surface area contributed by atoms with Crippen molar-refractivity contribution in [1.82, 2.24) is 4.98 Å². The van der Waals surface area contributed by atoms with Crippen LogP contribution in [0.5, 0.6) is 0 Å². The number of thiazole rings is 1. The van der Waals surface area contributed by atoms with Crippen LogP contribution in [-0.4, -0.2) is 10.9 Å². The van der Waals surface area contributed by atoms with E-state index < -0.39 is 0 Å². The first-order valence-electron chi connectivity index (χ1n) is 5.18. The number of anilines is 1. The molecule has 0 aliphatic rings. The van der Waals surface area contributed by atoms with Crippen LogP contribution in [0.25, 0.3) is 0 Å². The van der Waals surface area contributed by atoms with Crippen molar-refractivity contribution in [3.05, 3.63) is 42.9 Å². The highest BCUT2D eigenvalue weighted by atomic mass is 127. The zero-order chi connectivity index (χ0) is 13.3. The molecule has 1 aromatic carbocycles. The topological polar surface area (TPSA) is 42.0 Å². The molecule has 2 aromatic rings. The molecule has 0 saturated heterocycles. The zero-order valence-corrected chi connectivity index (χ0v) is 13.5. The number of nitrogens with one attached hydrogen (secondary N) is 1. The van der Waals surface area contributed by atoms with Gasteiger partial charge in [-0.25, -0.2) is 4.98 Å². The number of nitrogens with zero attached hydrogens (tertiary/aromatic N) is 1. The monoisotopic (exact) mass is 392 g/mol. The third-order valence-corrected chi connectivity index (χ3v) is 4.59. The van der Waals surface area contributed by atoms with Gasteiger partial charge in [0.25, 0.3) is 5.91 Å². The summed E-state index contributed by atoms with van der Waals surface area (Å²) in [7, 11) is 0. The number of halogens is 2. The Hall–Kier alpha value is -0.660. The molecular formula is C12H10ClIN2OS. The minimum absolute atomic E-state index is 0.185. The third-order valence-electron chi connectivity index (χ3n) is 2.42. The zero-order valence-electron chi connectivity index (χ0n) is 9.75. The second-order valence-electron chi connectivity index (χ2n) is 3.74. The third kappa shape index (κ3) is 3.02. The lowest BCUT2D eigenvalue weighted by molar-refractivity contribution is 0.102. The fourth-order valence-corrected chi connectivity index (χ4v) is 2.92. The SMILES string of the molecule is Cc1nc(NC(=O)c2cc(Cl)ccc2I)sc1C. The Morgan fingerprint density at radius 2 is 2.17 bits per heavy atom. The molecule has 0 radical (unpaired) electrons. The van der Waals surface area contributed by atoms with Crippen LogP contribution in [0.15, 0.2) is 18.2 Å². The summed E-state index contributed by atoms with van der Waals surface area (Å²) >= 11 is 9.48. The number of carbonyl (C=O) groups excluding carboxylic acids is 1. The van der Waals surface area contributed by atoms with E-state index in [-0.39, 0.29) is 5.91 Å². The molecule has 1 aromatic heterocycles. The molecule has 0 aliphatic carbocycles. The summed E-state index contributed by atoms with van der Waals surface area (Å²) in [5.74, 6) is -0.185. The van der Waals surface area contributed by atoms with Gasteiger partial charge in [-0.05, 0) is 54.6 Å². The van der Waals surface area contributed by atoms with E-state index in [0.29, 0.717) is 15.7 Å². The van der Waals surface area contributed by atoms with Gasteiger partial charge >= 0.3 is 0 Å². The number of carbonyl (C=O) groups is 1. The van der Waals surface area contributed by atoms with Crippen LogP contribution >= 0.6 is 45.5 Å². The van der Waals surface area contributed by atoms with Crippen LogP contribution < -0.4 is 5.32 Å². The fraction of sp³-hybridized carbons (Fsp3) is 0.167. The number of aromatic nitrogens is 1. The summed E-state index contributed by atoms with van der Waals surface area (Å²) < 4.78 is 0.861. The van der Waals surface area contributed by atoms with E-state index in [9.17, 15) is 4.79 Å². The molecule has 0 unspecified atom stereocenters.